The van der Waals surface area contributed by atoms with Gasteiger partial charge >= 0.3 is 0 Å². The van der Waals surface area contributed by atoms with Gasteiger partial charge in [-0.25, -0.2) is 0 Å². The first kappa shape index (κ1) is 12.4. The van der Waals surface area contributed by atoms with Gasteiger partial charge in [-0.1, -0.05) is 12.1 Å². The molecule has 2 aliphatic rings. The third-order valence-corrected chi connectivity index (χ3v) is 5.64. The van der Waals surface area contributed by atoms with Gasteiger partial charge in [-0.3, -0.25) is 0 Å². The third kappa shape index (κ3) is 2.26. The number of aryl methyl sites for hydroxylation is 1. The maximum atomic E-state index is 6.16. The molecule has 0 radical (unpaired) electrons. The van der Waals surface area contributed by atoms with Crippen molar-refractivity contribution in [2.75, 3.05) is 12.3 Å². The smallest absolute Gasteiger partial charge is 0.0693 e. The summed E-state index contributed by atoms with van der Waals surface area (Å²) in [6, 6.07) is 6.33. The summed E-state index contributed by atoms with van der Waals surface area (Å²) < 4.78 is 5.98. The number of ether oxygens (including phenoxy) is 1. The maximum Gasteiger partial charge on any atom is 0.0693 e. The molecule has 2 fully saturated rings. The third-order valence-electron chi connectivity index (χ3n) is 4.29. The van der Waals surface area contributed by atoms with Crippen LogP contribution in [0.1, 0.15) is 37.7 Å². The van der Waals surface area contributed by atoms with Gasteiger partial charge in [-0.05, 0) is 50.7 Å². The second kappa shape index (κ2) is 4.78. The zero-order valence-electron chi connectivity index (χ0n) is 10.9. The van der Waals surface area contributed by atoms with Gasteiger partial charge < -0.3 is 10.5 Å². The van der Waals surface area contributed by atoms with Crippen LogP contribution in [0.5, 0.6) is 0 Å². The van der Waals surface area contributed by atoms with E-state index < -0.39 is 0 Å². The fourth-order valence-electron chi connectivity index (χ4n) is 2.94. The van der Waals surface area contributed by atoms with Crippen molar-refractivity contribution >= 4 is 17.4 Å². The molecule has 1 heterocycles. The predicted octanol–water partition coefficient (Wildman–Crippen LogP) is 3.77. The van der Waals surface area contributed by atoms with E-state index in [1.165, 1.54) is 36.1 Å². The topological polar surface area (TPSA) is 35.2 Å². The van der Waals surface area contributed by atoms with Crippen LogP contribution in [0.15, 0.2) is 23.1 Å². The number of hydrogen-bond acceptors (Lipinski definition) is 3. The number of rotatable bonds is 2. The SMILES string of the molecule is Cc1cccc(SC2CCOC3(CCC3)C2)c1N. The highest BCUT2D eigenvalue weighted by atomic mass is 32.2. The molecule has 2 nitrogen and oxygen atoms in total. The Morgan fingerprint density at radius 1 is 1.39 bits per heavy atom. The summed E-state index contributed by atoms with van der Waals surface area (Å²) in [6.45, 7) is 3.00. The van der Waals surface area contributed by atoms with Crippen molar-refractivity contribution in [3.8, 4) is 0 Å². The van der Waals surface area contributed by atoms with Crippen molar-refractivity contribution in [1.82, 2.24) is 0 Å². The second-order valence-corrected chi connectivity index (χ2v) is 6.95. The number of hydrogen-bond donors (Lipinski definition) is 1. The van der Waals surface area contributed by atoms with Crippen LogP contribution in [0.25, 0.3) is 0 Å². The van der Waals surface area contributed by atoms with Crippen molar-refractivity contribution in [2.45, 2.75) is 54.8 Å². The average Bonchev–Trinajstić information content (AvgIpc) is 2.34. The summed E-state index contributed by atoms with van der Waals surface area (Å²) in [5, 5.41) is 0.670. The highest BCUT2D eigenvalue weighted by molar-refractivity contribution is 8.00. The van der Waals surface area contributed by atoms with E-state index >= 15 is 0 Å². The van der Waals surface area contributed by atoms with Crippen molar-refractivity contribution in [3.63, 3.8) is 0 Å². The molecule has 0 aromatic heterocycles. The molecule has 1 atom stereocenters. The normalized spacial score (nSPS) is 25.9. The van der Waals surface area contributed by atoms with Crippen LogP contribution in [-0.2, 0) is 4.74 Å². The number of anilines is 1. The lowest BCUT2D eigenvalue weighted by Gasteiger charge is -2.47. The first-order valence-electron chi connectivity index (χ1n) is 6.84. The van der Waals surface area contributed by atoms with E-state index in [0.717, 1.165) is 18.7 Å². The van der Waals surface area contributed by atoms with Crippen molar-refractivity contribution < 1.29 is 4.74 Å². The van der Waals surface area contributed by atoms with Crippen molar-refractivity contribution in [3.05, 3.63) is 23.8 Å². The first-order chi connectivity index (χ1) is 8.69. The summed E-state index contributed by atoms with van der Waals surface area (Å²) >= 11 is 1.95. The molecule has 2 N–H and O–H groups in total. The molecule has 18 heavy (non-hydrogen) atoms. The van der Waals surface area contributed by atoms with E-state index in [1.807, 2.05) is 11.8 Å². The molecular formula is C15H21NOS. The number of benzene rings is 1. The van der Waals surface area contributed by atoms with Crippen LogP contribution in [0.3, 0.4) is 0 Å². The number of thioether (sulfide) groups is 1. The summed E-state index contributed by atoms with van der Waals surface area (Å²) in [6.07, 6.45) is 6.20. The average molecular weight is 263 g/mol. The fourth-order valence-corrected chi connectivity index (χ4v) is 4.34. The zero-order chi connectivity index (χ0) is 12.6. The Balaban J connectivity index is 1.70. The molecule has 1 spiro atoms. The zero-order valence-corrected chi connectivity index (χ0v) is 11.8. The van der Waals surface area contributed by atoms with Gasteiger partial charge in [0.1, 0.15) is 0 Å². The van der Waals surface area contributed by atoms with Gasteiger partial charge in [0, 0.05) is 22.4 Å². The Bertz CT molecular complexity index is 442. The molecule has 1 aromatic carbocycles. The molecule has 1 saturated carbocycles. The highest BCUT2D eigenvalue weighted by Crippen LogP contribution is 2.47. The summed E-state index contributed by atoms with van der Waals surface area (Å²) in [4.78, 5) is 1.25. The molecule has 1 unspecified atom stereocenters. The molecule has 1 aromatic rings. The minimum absolute atomic E-state index is 0.231. The van der Waals surface area contributed by atoms with Crippen LogP contribution in [-0.4, -0.2) is 17.5 Å². The van der Waals surface area contributed by atoms with E-state index in [1.54, 1.807) is 0 Å². The number of nitrogen functional groups attached to an aromatic ring is 1. The monoisotopic (exact) mass is 263 g/mol. The summed E-state index contributed by atoms with van der Waals surface area (Å²) in [5.41, 5.74) is 8.53. The van der Waals surface area contributed by atoms with E-state index in [0.29, 0.717) is 5.25 Å². The second-order valence-electron chi connectivity index (χ2n) is 5.60. The van der Waals surface area contributed by atoms with Crippen LogP contribution >= 0.6 is 11.8 Å². The van der Waals surface area contributed by atoms with Gasteiger partial charge in [0.25, 0.3) is 0 Å². The fraction of sp³-hybridized carbons (Fsp3) is 0.600. The van der Waals surface area contributed by atoms with E-state index in [2.05, 4.69) is 25.1 Å². The van der Waals surface area contributed by atoms with Gasteiger partial charge in [0.15, 0.2) is 0 Å². The van der Waals surface area contributed by atoms with Crippen molar-refractivity contribution in [2.24, 2.45) is 0 Å². The predicted molar refractivity (Wildman–Crippen MR) is 77.0 cm³/mol. The summed E-state index contributed by atoms with van der Waals surface area (Å²) in [5.74, 6) is 0. The maximum absolute atomic E-state index is 6.16. The Morgan fingerprint density at radius 3 is 2.94 bits per heavy atom. The molecule has 1 aliphatic carbocycles. The first-order valence-corrected chi connectivity index (χ1v) is 7.72. The largest absolute Gasteiger partial charge is 0.398 e. The van der Waals surface area contributed by atoms with Gasteiger partial charge in [-0.15, -0.1) is 11.8 Å². The summed E-state index contributed by atoms with van der Waals surface area (Å²) in [7, 11) is 0. The Kier molecular flexibility index (Phi) is 3.29. The molecule has 3 rings (SSSR count). The molecular weight excluding hydrogens is 242 g/mol. The molecule has 0 bridgehead atoms. The van der Waals surface area contributed by atoms with Crippen molar-refractivity contribution in [1.29, 1.82) is 0 Å². The van der Waals surface area contributed by atoms with E-state index in [9.17, 15) is 0 Å². The van der Waals surface area contributed by atoms with Gasteiger partial charge in [0.2, 0.25) is 0 Å². The van der Waals surface area contributed by atoms with Crippen LogP contribution < -0.4 is 5.73 Å². The molecule has 3 heteroatoms. The lowest BCUT2D eigenvalue weighted by Crippen LogP contribution is -2.46. The molecule has 98 valence electrons. The molecule has 0 amide bonds. The lowest BCUT2D eigenvalue weighted by molar-refractivity contribution is -0.125. The van der Waals surface area contributed by atoms with Gasteiger partial charge in [0.05, 0.1) is 5.60 Å². The Morgan fingerprint density at radius 2 is 2.22 bits per heavy atom. The van der Waals surface area contributed by atoms with Crippen LogP contribution in [0.4, 0.5) is 5.69 Å². The Labute approximate surface area is 113 Å². The quantitative estimate of drug-likeness (QED) is 0.825. The molecule has 1 aliphatic heterocycles. The van der Waals surface area contributed by atoms with Gasteiger partial charge in [-0.2, -0.15) is 0 Å². The van der Waals surface area contributed by atoms with Crippen LogP contribution in [0.2, 0.25) is 0 Å². The Hall–Kier alpha value is -0.670. The minimum Gasteiger partial charge on any atom is -0.398 e. The minimum atomic E-state index is 0.231. The number of para-hydroxylation sites is 1. The highest BCUT2D eigenvalue weighted by Gasteiger charge is 2.42. The van der Waals surface area contributed by atoms with E-state index in [-0.39, 0.29) is 5.60 Å². The number of nitrogens with two attached hydrogens (primary N) is 1. The molecule has 1 saturated heterocycles. The van der Waals surface area contributed by atoms with Crippen LogP contribution in [0, 0.1) is 6.92 Å². The van der Waals surface area contributed by atoms with E-state index in [4.69, 9.17) is 10.5 Å². The standard InChI is InChI=1S/C15H21NOS/c1-11-4-2-5-13(14(11)16)18-12-6-9-17-15(10-12)7-3-8-15/h2,4-5,12H,3,6-10,16H2,1H3. The lowest BCUT2D eigenvalue weighted by atomic mass is 9.75.